The summed E-state index contributed by atoms with van der Waals surface area (Å²) in [6.45, 7) is 6.28. The predicted molar refractivity (Wildman–Crippen MR) is 118 cm³/mol. The van der Waals surface area contributed by atoms with Crippen LogP contribution >= 0.6 is 0 Å². The minimum atomic E-state index is -1.22. The third kappa shape index (κ3) is 7.26. The number of carboxylic acid groups (broad SMARTS) is 1. The highest BCUT2D eigenvalue weighted by atomic mass is 19.1. The number of aromatic nitrogens is 1. The molecule has 3 N–H and O–H groups in total. The van der Waals surface area contributed by atoms with Crippen molar-refractivity contribution < 1.29 is 33.4 Å². The molecule has 170 valence electrons. The highest BCUT2D eigenvalue weighted by molar-refractivity contribution is 6.32. The van der Waals surface area contributed by atoms with Gasteiger partial charge in [0.1, 0.15) is 31.9 Å². The van der Waals surface area contributed by atoms with Crippen LogP contribution in [0.1, 0.15) is 49.7 Å². The van der Waals surface area contributed by atoms with Gasteiger partial charge in [0, 0.05) is 11.8 Å². The van der Waals surface area contributed by atoms with Crippen molar-refractivity contribution in [2.75, 3.05) is 11.9 Å². The number of benzene rings is 1. The molecule has 1 aromatic heterocycles. The predicted octanol–water partition coefficient (Wildman–Crippen LogP) is 1.78. The summed E-state index contributed by atoms with van der Waals surface area (Å²) < 4.78 is 24.6. The highest BCUT2D eigenvalue weighted by Crippen LogP contribution is 2.29. The van der Waals surface area contributed by atoms with Crippen LogP contribution in [0, 0.1) is 5.82 Å². The zero-order valence-electron chi connectivity index (χ0n) is 18.5. The van der Waals surface area contributed by atoms with E-state index in [9.17, 15) is 23.9 Å². The van der Waals surface area contributed by atoms with Crippen molar-refractivity contribution >= 4 is 37.1 Å². The van der Waals surface area contributed by atoms with Gasteiger partial charge in [-0.3, -0.25) is 4.79 Å². The summed E-state index contributed by atoms with van der Waals surface area (Å²) in [6.07, 6.45) is -0.114. The van der Waals surface area contributed by atoms with Gasteiger partial charge in [-0.15, -0.1) is 0 Å². The number of carboxylic acids is 1. The minimum absolute atomic E-state index is 0.0618. The summed E-state index contributed by atoms with van der Waals surface area (Å²) in [5.74, 6) is -2.19. The van der Waals surface area contributed by atoms with E-state index < -0.39 is 35.5 Å². The fourth-order valence-corrected chi connectivity index (χ4v) is 2.69. The summed E-state index contributed by atoms with van der Waals surface area (Å²) in [4.78, 5) is 39.6. The van der Waals surface area contributed by atoms with Gasteiger partial charge < -0.3 is 25.2 Å². The van der Waals surface area contributed by atoms with Gasteiger partial charge in [-0.25, -0.2) is 19.0 Å². The van der Waals surface area contributed by atoms with Crippen LogP contribution in [0.15, 0.2) is 30.5 Å². The second-order valence-electron chi connectivity index (χ2n) is 8.06. The molecule has 9 nitrogen and oxygen atoms in total. The lowest BCUT2D eigenvalue weighted by atomic mass is 9.98. The van der Waals surface area contributed by atoms with Crippen molar-refractivity contribution in [3.63, 3.8) is 0 Å². The number of pyridine rings is 1. The van der Waals surface area contributed by atoms with Crippen molar-refractivity contribution in [2.24, 2.45) is 0 Å². The number of ether oxygens (including phenoxy) is 2. The van der Waals surface area contributed by atoms with E-state index in [0.29, 0.717) is 0 Å². The van der Waals surface area contributed by atoms with E-state index >= 15 is 0 Å². The Bertz CT molecular complexity index is 1030. The van der Waals surface area contributed by atoms with E-state index in [1.165, 1.54) is 6.20 Å². The molecule has 1 aromatic carbocycles. The number of aromatic carboxylic acids is 1. The molecule has 1 heterocycles. The molecule has 2 rings (SSSR count). The largest absolute Gasteiger partial charge is 0.482 e. The van der Waals surface area contributed by atoms with E-state index in [1.54, 1.807) is 41.6 Å². The van der Waals surface area contributed by atoms with Gasteiger partial charge in [-0.05, 0) is 52.0 Å². The SMILES string of the molecule is Bc1cnc(NC(=O)CNC(=O)OC(C)(C)C)c(O[C@H](C)c2cc(F)ccc2C(=O)O)c1. The number of hydrogen-bond donors (Lipinski definition) is 3. The molecule has 32 heavy (non-hydrogen) atoms. The van der Waals surface area contributed by atoms with Crippen molar-refractivity contribution in [3.8, 4) is 5.75 Å². The molecule has 0 unspecified atom stereocenters. The quantitative estimate of drug-likeness (QED) is 0.555. The van der Waals surface area contributed by atoms with E-state index in [4.69, 9.17) is 9.47 Å². The van der Waals surface area contributed by atoms with Crippen LogP contribution in [0.4, 0.5) is 15.0 Å². The summed E-state index contributed by atoms with van der Waals surface area (Å²) >= 11 is 0. The Morgan fingerprint density at radius 2 is 1.94 bits per heavy atom. The van der Waals surface area contributed by atoms with Crippen molar-refractivity contribution in [1.29, 1.82) is 0 Å². The zero-order valence-corrected chi connectivity index (χ0v) is 18.5. The van der Waals surface area contributed by atoms with Gasteiger partial charge in [0.15, 0.2) is 11.6 Å². The van der Waals surface area contributed by atoms with Crippen LogP contribution in [0.2, 0.25) is 0 Å². The Labute approximate surface area is 185 Å². The molecule has 0 spiro atoms. The number of carbonyl (C=O) groups excluding carboxylic acids is 2. The summed E-state index contributed by atoms with van der Waals surface area (Å²) in [7, 11) is 1.76. The highest BCUT2D eigenvalue weighted by Gasteiger charge is 2.21. The summed E-state index contributed by atoms with van der Waals surface area (Å²) in [5.41, 5.74) is 0.0337. The number of halogens is 1. The number of hydrogen-bond acceptors (Lipinski definition) is 6. The van der Waals surface area contributed by atoms with E-state index in [2.05, 4.69) is 15.6 Å². The first kappa shape index (κ1) is 24.6. The first-order chi connectivity index (χ1) is 14.9. The molecular weight excluding hydrogens is 420 g/mol. The Morgan fingerprint density at radius 3 is 2.56 bits per heavy atom. The van der Waals surface area contributed by atoms with Gasteiger partial charge in [0.2, 0.25) is 5.91 Å². The molecule has 0 aliphatic carbocycles. The second-order valence-corrected chi connectivity index (χ2v) is 8.06. The fourth-order valence-electron chi connectivity index (χ4n) is 2.69. The maximum Gasteiger partial charge on any atom is 0.408 e. The number of alkyl carbamates (subject to hydrolysis) is 1. The van der Waals surface area contributed by atoms with Crippen LogP contribution in [0.3, 0.4) is 0 Å². The van der Waals surface area contributed by atoms with Crippen molar-refractivity contribution in [2.45, 2.75) is 39.4 Å². The first-order valence-electron chi connectivity index (χ1n) is 9.78. The fraction of sp³-hybridized carbons (Fsp3) is 0.333. The van der Waals surface area contributed by atoms with Crippen LogP contribution in [-0.4, -0.2) is 48.1 Å². The minimum Gasteiger partial charge on any atom is -0.482 e. The Balaban J connectivity index is 2.15. The van der Waals surface area contributed by atoms with Crippen LogP contribution in [-0.2, 0) is 9.53 Å². The van der Waals surface area contributed by atoms with E-state index in [0.717, 1.165) is 23.7 Å². The van der Waals surface area contributed by atoms with Gasteiger partial charge >= 0.3 is 12.1 Å². The van der Waals surface area contributed by atoms with Crippen LogP contribution in [0.25, 0.3) is 0 Å². The van der Waals surface area contributed by atoms with Crippen molar-refractivity contribution in [1.82, 2.24) is 10.3 Å². The molecular formula is C21H25BFN3O6. The normalized spacial score (nSPS) is 11.9. The first-order valence-corrected chi connectivity index (χ1v) is 9.78. The van der Waals surface area contributed by atoms with Crippen LogP contribution < -0.4 is 20.8 Å². The molecule has 2 aromatic rings. The summed E-state index contributed by atoms with van der Waals surface area (Å²) in [6, 6.07) is 4.89. The monoisotopic (exact) mass is 445 g/mol. The van der Waals surface area contributed by atoms with Gasteiger partial charge in [0.25, 0.3) is 0 Å². The Morgan fingerprint density at radius 1 is 1.25 bits per heavy atom. The van der Waals surface area contributed by atoms with Gasteiger partial charge in [0.05, 0.1) is 5.56 Å². The molecule has 0 saturated carbocycles. The molecule has 0 fully saturated rings. The lowest BCUT2D eigenvalue weighted by Crippen LogP contribution is -2.37. The third-order valence-corrected chi connectivity index (χ3v) is 4.03. The molecule has 0 aliphatic rings. The zero-order chi connectivity index (χ0) is 24.1. The number of nitrogens with zero attached hydrogens (tertiary/aromatic N) is 1. The standard InChI is InChI=1S/C21H25BFN3O6/c1-11(15-8-13(23)5-6-14(15)19(28)29)31-16-7-12(22)9-24-18(16)26-17(27)10-25-20(30)32-21(2,3)4/h5-9,11H,10,22H2,1-4H3,(H,25,30)(H,28,29)(H,24,26,27)/t11-/m1/s1. The van der Waals surface area contributed by atoms with Crippen molar-refractivity contribution in [3.05, 3.63) is 47.4 Å². The summed E-state index contributed by atoms with van der Waals surface area (Å²) in [5, 5.41) is 14.2. The molecule has 11 heteroatoms. The third-order valence-electron chi connectivity index (χ3n) is 4.03. The molecule has 0 saturated heterocycles. The topological polar surface area (TPSA) is 127 Å². The molecule has 1 atom stereocenters. The number of nitrogens with one attached hydrogen (secondary N) is 2. The number of carbonyl (C=O) groups is 3. The van der Waals surface area contributed by atoms with E-state index in [-0.39, 0.29) is 29.2 Å². The molecule has 2 amide bonds. The lowest BCUT2D eigenvalue weighted by molar-refractivity contribution is -0.115. The van der Waals surface area contributed by atoms with Gasteiger partial charge in [-0.1, -0.05) is 5.46 Å². The van der Waals surface area contributed by atoms with Gasteiger partial charge in [-0.2, -0.15) is 0 Å². The Kier molecular flexibility index (Phi) is 7.79. The Hall–Kier alpha value is -3.63. The lowest BCUT2D eigenvalue weighted by Gasteiger charge is -2.20. The van der Waals surface area contributed by atoms with E-state index in [1.807, 2.05) is 0 Å². The number of amides is 2. The number of rotatable bonds is 7. The average molecular weight is 445 g/mol. The number of anilines is 1. The molecule has 0 bridgehead atoms. The maximum absolute atomic E-state index is 13.7. The smallest absolute Gasteiger partial charge is 0.408 e. The molecule has 0 aliphatic heterocycles. The average Bonchev–Trinajstić information content (AvgIpc) is 2.66. The maximum atomic E-state index is 13.7. The second kappa shape index (κ2) is 10.1. The van der Waals surface area contributed by atoms with Crippen LogP contribution in [0.5, 0.6) is 5.75 Å². The molecule has 0 radical (unpaired) electrons.